The molecule has 1 atom stereocenters. The van der Waals surface area contributed by atoms with E-state index in [1.807, 2.05) is 85.1 Å². The molecular weight excluding hydrogens is 841 g/mol. The molecule has 0 spiro atoms. The van der Waals surface area contributed by atoms with Gasteiger partial charge in [-0.05, 0) is 109 Å². The summed E-state index contributed by atoms with van der Waals surface area (Å²) >= 11 is 0. The predicted octanol–water partition coefficient (Wildman–Crippen LogP) is 17.1. The maximum atomic E-state index is 12.8. The van der Waals surface area contributed by atoms with Gasteiger partial charge in [0.05, 0.1) is 0 Å². The molecule has 0 aromatic heterocycles. The molecule has 0 aliphatic rings. The highest BCUT2D eigenvalue weighted by atomic mass is 16.6. The SMILES string of the molecule is CC\C=C/C=C\C=C/C=C\C=C\C=C/C=C\CCCCCC(=O)OCC(COC(=O)CCCC/C=C\C/C=C\C/C=C\CC)OC(=O)CC/C=C\C/C=C\C/C=C\C/C=C\C/C=C\C/C=C\CC. The Kier molecular flexibility index (Phi) is 49.3. The Morgan fingerprint density at radius 3 is 1.06 bits per heavy atom. The summed E-state index contributed by atoms with van der Waals surface area (Å²) < 4.78 is 16.6. The number of rotatable bonds is 42. The van der Waals surface area contributed by atoms with Crippen LogP contribution in [0, 0.1) is 0 Å². The van der Waals surface area contributed by atoms with Crippen molar-refractivity contribution in [1.82, 2.24) is 0 Å². The van der Waals surface area contributed by atoms with E-state index in [4.69, 9.17) is 14.2 Å². The molecule has 0 rings (SSSR count). The number of unbranched alkanes of at least 4 members (excludes halogenated alkanes) is 5. The molecule has 1 unspecified atom stereocenters. The van der Waals surface area contributed by atoms with Crippen LogP contribution in [0.15, 0.2) is 194 Å². The Bertz CT molecular complexity index is 1730. The van der Waals surface area contributed by atoms with E-state index in [2.05, 4.69) is 130 Å². The Morgan fingerprint density at radius 2 is 0.632 bits per heavy atom. The molecule has 0 aromatic carbocycles. The van der Waals surface area contributed by atoms with Crippen molar-refractivity contribution in [3.05, 3.63) is 194 Å². The first-order chi connectivity index (χ1) is 33.5. The third-order valence-electron chi connectivity index (χ3n) is 9.53. The van der Waals surface area contributed by atoms with Gasteiger partial charge in [0, 0.05) is 19.3 Å². The first-order valence-electron chi connectivity index (χ1n) is 25.5. The highest BCUT2D eigenvalue weighted by molar-refractivity contribution is 5.71. The molecule has 0 saturated carbocycles. The van der Waals surface area contributed by atoms with Gasteiger partial charge in [0.1, 0.15) is 13.2 Å². The van der Waals surface area contributed by atoms with Crippen LogP contribution in [-0.4, -0.2) is 37.2 Å². The molecule has 0 N–H and O–H groups in total. The second-order valence-electron chi connectivity index (χ2n) is 15.8. The van der Waals surface area contributed by atoms with Crippen molar-refractivity contribution < 1.29 is 28.6 Å². The van der Waals surface area contributed by atoms with Crippen LogP contribution in [-0.2, 0) is 28.6 Å². The molecule has 0 bridgehead atoms. The van der Waals surface area contributed by atoms with Crippen molar-refractivity contribution >= 4 is 17.9 Å². The van der Waals surface area contributed by atoms with E-state index >= 15 is 0 Å². The third kappa shape index (κ3) is 51.2. The zero-order valence-corrected chi connectivity index (χ0v) is 42.3. The van der Waals surface area contributed by atoms with Crippen LogP contribution in [0.2, 0.25) is 0 Å². The number of hydrogen-bond donors (Lipinski definition) is 0. The lowest BCUT2D eigenvalue weighted by molar-refractivity contribution is -0.166. The zero-order valence-electron chi connectivity index (χ0n) is 42.3. The van der Waals surface area contributed by atoms with Gasteiger partial charge in [-0.2, -0.15) is 0 Å². The van der Waals surface area contributed by atoms with Gasteiger partial charge >= 0.3 is 17.9 Å². The molecule has 0 aliphatic heterocycles. The van der Waals surface area contributed by atoms with E-state index in [9.17, 15) is 14.4 Å². The van der Waals surface area contributed by atoms with Crippen LogP contribution in [0.1, 0.15) is 156 Å². The molecule has 0 saturated heterocycles. The Labute approximate surface area is 414 Å². The molecular formula is C62H88O6. The van der Waals surface area contributed by atoms with E-state index in [1.54, 1.807) is 0 Å². The molecule has 372 valence electrons. The summed E-state index contributed by atoms with van der Waals surface area (Å²) in [7, 11) is 0. The average molecular weight is 929 g/mol. The fraction of sp³-hybridized carbons (Fsp3) is 0.435. The molecule has 68 heavy (non-hydrogen) atoms. The first kappa shape index (κ1) is 62.2. The van der Waals surface area contributed by atoms with E-state index in [0.717, 1.165) is 96.3 Å². The van der Waals surface area contributed by atoms with Gasteiger partial charge in [0.25, 0.3) is 0 Å². The highest BCUT2D eigenvalue weighted by Gasteiger charge is 2.19. The maximum absolute atomic E-state index is 12.8. The van der Waals surface area contributed by atoms with Crippen molar-refractivity contribution in [2.24, 2.45) is 0 Å². The Hall–Kier alpha value is -5.75. The van der Waals surface area contributed by atoms with Crippen LogP contribution < -0.4 is 0 Å². The minimum absolute atomic E-state index is 0.155. The largest absolute Gasteiger partial charge is 0.462 e. The number of carbonyl (C=O) groups excluding carboxylic acids is 3. The summed E-state index contributed by atoms with van der Waals surface area (Å²) in [6.45, 7) is 6.08. The molecule has 0 amide bonds. The summed E-state index contributed by atoms with van der Waals surface area (Å²) in [6.07, 6.45) is 82.8. The van der Waals surface area contributed by atoms with E-state index in [0.29, 0.717) is 19.3 Å². The monoisotopic (exact) mass is 929 g/mol. The van der Waals surface area contributed by atoms with E-state index < -0.39 is 12.1 Å². The normalized spacial score (nSPS) is 13.8. The van der Waals surface area contributed by atoms with Gasteiger partial charge in [0.15, 0.2) is 6.10 Å². The summed E-state index contributed by atoms with van der Waals surface area (Å²) in [5.41, 5.74) is 0. The van der Waals surface area contributed by atoms with Crippen LogP contribution in [0.25, 0.3) is 0 Å². The van der Waals surface area contributed by atoms with Gasteiger partial charge in [-0.1, -0.05) is 222 Å². The van der Waals surface area contributed by atoms with Gasteiger partial charge in [0.2, 0.25) is 0 Å². The van der Waals surface area contributed by atoms with Gasteiger partial charge in [-0.3, -0.25) is 14.4 Å². The molecule has 6 nitrogen and oxygen atoms in total. The summed E-state index contributed by atoms with van der Waals surface area (Å²) in [5.74, 6) is -1.14. The fourth-order valence-electron chi connectivity index (χ4n) is 5.82. The molecule has 0 heterocycles. The average Bonchev–Trinajstić information content (AvgIpc) is 3.34. The predicted molar refractivity (Wildman–Crippen MR) is 292 cm³/mol. The van der Waals surface area contributed by atoms with Gasteiger partial charge in [-0.15, -0.1) is 0 Å². The quantitative estimate of drug-likeness (QED) is 0.0199. The molecule has 0 aliphatic carbocycles. The van der Waals surface area contributed by atoms with E-state index in [1.165, 1.54) is 0 Å². The van der Waals surface area contributed by atoms with Gasteiger partial charge < -0.3 is 14.2 Å². The number of ether oxygens (including phenoxy) is 3. The third-order valence-corrected chi connectivity index (χ3v) is 9.53. The lowest BCUT2D eigenvalue weighted by atomic mass is 10.1. The lowest BCUT2D eigenvalue weighted by Crippen LogP contribution is -2.30. The molecule has 0 radical (unpaired) electrons. The van der Waals surface area contributed by atoms with Crippen molar-refractivity contribution in [2.75, 3.05) is 13.2 Å². The standard InChI is InChI=1S/C62H88O6/c1-4-7-10-13-16-19-22-25-27-29-31-33-35-37-40-43-46-49-52-55-61(64)67-58-59(57-66-60(63)54-51-48-45-42-39-24-21-18-15-12-9-6-3)68-62(65)56-53-50-47-44-41-38-36-34-32-30-28-26-23-20-17-14-11-8-5-2/h7-13,16-22,25-29,31-35,37-42,47,50,59H,4-6,14-15,23-24,30,36,43-46,48-49,51-58H2,1-3H3/b10-7-,11-8-,12-9-,16-13-,20-17-,21-18-,22-19-,27-25-,28-26-,31-29+,34-32-,35-33-,40-37-,41-38-,42-39-,50-47-. The molecule has 0 aromatic rings. The smallest absolute Gasteiger partial charge is 0.306 e. The summed E-state index contributed by atoms with van der Waals surface area (Å²) in [4.78, 5) is 37.9. The van der Waals surface area contributed by atoms with Crippen LogP contribution in [0.4, 0.5) is 0 Å². The minimum Gasteiger partial charge on any atom is -0.462 e. The van der Waals surface area contributed by atoms with Crippen LogP contribution in [0.5, 0.6) is 0 Å². The highest BCUT2D eigenvalue weighted by Crippen LogP contribution is 2.09. The Balaban J connectivity index is 4.70. The number of hydrogen-bond acceptors (Lipinski definition) is 6. The van der Waals surface area contributed by atoms with Crippen molar-refractivity contribution in [3.8, 4) is 0 Å². The maximum Gasteiger partial charge on any atom is 0.306 e. The molecule has 0 fully saturated rings. The minimum atomic E-state index is -0.865. The molecule has 6 heteroatoms. The fourth-order valence-corrected chi connectivity index (χ4v) is 5.82. The summed E-state index contributed by atoms with van der Waals surface area (Å²) in [5, 5.41) is 0. The number of allylic oxidation sites excluding steroid dienone is 32. The number of carbonyl (C=O) groups is 3. The second-order valence-corrected chi connectivity index (χ2v) is 15.8. The van der Waals surface area contributed by atoms with Gasteiger partial charge in [-0.25, -0.2) is 0 Å². The van der Waals surface area contributed by atoms with Crippen molar-refractivity contribution in [3.63, 3.8) is 0 Å². The van der Waals surface area contributed by atoms with Crippen LogP contribution >= 0.6 is 0 Å². The lowest BCUT2D eigenvalue weighted by Gasteiger charge is -2.18. The first-order valence-corrected chi connectivity index (χ1v) is 25.5. The van der Waals surface area contributed by atoms with E-state index in [-0.39, 0.29) is 44.4 Å². The van der Waals surface area contributed by atoms with Crippen molar-refractivity contribution in [2.45, 2.75) is 162 Å². The van der Waals surface area contributed by atoms with Crippen molar-refractivity contribution in [1.29, 1.82) is 0 Å². The Morgan fingerprint density at radius 1 is 0.309 bits per heavy atom. The summed E-state index contributed by atoms with van der Waals surface area (Å²) in [6, 6.07) is 0. The second kappa shape index (κ2) is 53.9. The van der Waals surface area contributed by atoms with Crippen LogP contribution in [0.3, 0.4) is 0 Å². The zero-order chi connectivity index (χ0) is 49.3. The topological polar surface area (TPSA) is 78.9 Å². The number of esters is 3.